The molecular formula is C17H21BrO4. The van der Waals surface area contributed by atoms with E-state index >= 15 is 0 Å². The largest absolute Gasteiger partial charge is 0.465 e. The summed E-state index contributed by atoms with van der Waals surface area (Å²) >= 11 is 3.34. The van der Waals surface area contributed by atoms with Gasteiger partial charge in [0, 0.05) is 29.5 Å². The zero-order valence-corrected chi connectivity index (χ0v) is 14.3. The molecule has 1 saturated heterocycles. The topological polar surface area (TPSA) is 52.6 Å². The van der Waals surface area contributed by atoms with Gasteiger partial charge < -0.3 is 9.47 Å². The zero-order chi connectivity index (χ0) is 15.9. The number of carbonyl (C=O) groups excluding carboxylic acids is 2. The highest BCUT2D eigenvalue weighted by molar-refractivity contribution is 9.10. The van der Waals surface area contributed by atoms with Crippen molar-refractivity contribution in [2.24, 2.45) is 5.92 Å². The van der Waals surface area contributed by atoms with E-state index in [1.165, 1.54) is 0 Å². The second-order valence-corrected chi connectivity index (χ2v) is 6.55. The number of hydrogen-bond acceptors (Lipinski definition) is 4. The summed E-state index contributed by atoms with van der Waals surface area (Å²) in [7, 11) is 0. The standard InChI is InChI=1S/C17H21BrO4/c1-12(10-16(19)13-4-2-5-14(18)11-13)17(20)22-9-7-15-6-3-8-21-15/h2,4-5,11-12,15H,3,6-10H2,1H3/t12-,15-/m0/s1. The van der Waals surface area contributed by atoms with E-state index in [0.29, 0.717) is 12.2 Å². The lowest BCUT2D eigenvalue weighted by Crippen LogP contribution is -2.20. The predicted octanol–water partition coefficient (Wildman–Crippen LogP) is 3.77. The third-order valence-electron chi connectivity index (χ3n) is 3.75. The first kappa shape index (κ1) is 17.2. The van der Waals surface area contributed by atoms with E-state index in [1.54, 1.807) is 19.1 Å². The van der Waals surface area contributed by atoms with Gasteiger partial charge in [-0.3, -0.25) is 9.59 Å². The fraction of sp³-hybridized carbons (Fsp3) is 0.529. The van der Waals surface area contributed by atoms with Crippen LogP contribution in [0.2, 0.25) is 0 Å². The fourth-order valence-electron chi connectivity index (χ4n) is 2.45. The van der Waals surface area contributed by atoms with Crippen LogP contribution in [-0.4, -0.2) is 31.1 Å². The molecule has 1 heterocycles. The van der Waals surface area contributed by atoms with Crippen LogP contribution in [0.1, 0.15) is 43.0 Å². The number of Topliss-reactive ketones (excluding diaryl/α,β-unsaturated/α-hetero) is 1. The zero-order valence-electron chi connectivity index (χ0n) is 12.7. The summed E-state index contributed by atoms with van der Waals surface area (Å²) in [5, 5.41) is 0. The highest BCUT2D eigenvalue weighted by atomic mass is 79.9. The maximum Gasteiger partial charge on any atom is 0.309 e. The Balaban J connectivity index is 1.74. The molecule has 0 N–H and O–H groups in total. The van der Waals surface area contributed by atoms with Crippen molar-refractivity contribution in [3.63, 3.8) is 0 Å². The van der Waals surface area contributed by atoms with Gasteiger partial charge in [0.15, 0.2) is 5.78 Å². The highest BCUT2D eigenvalue weighted by Crippen LogP contribution is 2.17. The second-order valence-electron chi connectivity index (χ2n) is 5.63. The van der Waals surface area contributed by atoms with Crippen LogP contribution in [0.3, 0.4) is 0 Å². The number of halogens is 1. The molecule has 1 aliphatic heterocycles. The Kier molecular flexibility index (Phi) is 6.58. The number of ether oxygens (including phenoxy) is 2. The number of esters is 1. The van der Waals surface area contributed by atoms with E-state index in [1.807, 2.05) is 12.1 Å². The van der Waals surface area contributed by atoms with Gasteiger partial charge >= 0.3 is 5.97 Å². The van der Waals surface area contributed by atoms with Crippen molar-refractivity contribution in [1.82, 2.24) is 0 Å². The van der Waals surface area contributed by atoms with Crippen molar-refractivity contribution < 1.29 is 19.1 Å². The summed E-state index contributed by atoms with van der Waals surface area (Å²) in [6, 6.07) is 7.18. The number of hydrogen-bond donors (Lipinski definition) is 0. The molecule has 4 nitrogen and oxygen atoms in total. The minimum Gasteiger partial charge on any atom is -0.465 e. The van der Waals surface area contributed by atoms with Gasteiger partial charge in [-0.1, -0.05) is 35.0 Å². The Labute approximate surface area is 139 Å². The minimum atomic E-state index is -0.434. The molecule has 0 radical (unpaired) electrons. The summed E-state index contributed by atoms with van der Waals surface area (Å²) < 4.78 is 11.6. The molecule has 22 heavy (non-hydrogen) atoms. The van der Waals surface area contributed by atoms with Crippen molar-refractivity contribution in [3.05, 3.63) is 34.3 Å². The first-order valence-electron chi connectivity index (χ1n) is 7.63. The summed E-state index contributed by atoms with van der Waals surface area (Å²) in [4.78, 5) is 24.1. The molecule has 2 rings (SSSR count). The molecule has 0 aliphatic carbocycles. The molecule has 1 aromatic rings. The second kappa shape index (κ2) is 8.44. The van der Waals surface area contributed by atoms with Crippen molar-refractivity contribution in [1.29, 1.82) is 0 Å². The molecule has 120 valence electrons. The van der Waals surface area contributed by atoms with Crippen LogP contribution >= 0.6 is 15.9 Å². The molecule has 0 spiro atoms. The van der Waals surface area contributed by atoms with Crippen molar-refractivity contribution in [2.45, 2.75) is 38.7 Å². The van der Waals surface area contributed by atoms with Crippen LogP contribution in [0, 0.1) is 5.92 Å². The Morgan fingerprint density at radius 1 is 1.45 bits per heavy atom. The number of ketones is 1. The van der Waals surface area contributed by atoms with E-state index in [-0.39, 0.29) is 24.3 Å². The summed E-state index contributed by atoms with van der Waals surface area (Å²) in [5.41, 5.74) is 0.605. The molecule has 2 atom stereocenters. The van der Waals surface area contributed by atoms with Gasteiger partial charge in [-0.05, 0) is 25.0 Å². The maximum absolute atomic E-state index is 12.1. The molecular weight excluding hydrogens is 348 g/mol. The molecule has 1 fully saturated rings. The van der Waals surface area contributed by atoms with Crippen LogP contribution in [0.15, 0.2) is 28.7 Å². The van der Waals surface area contributed by atoms with Crippen LogP contribution in [-0.2, 0) is 14.3 Å². The lowest BCUT2D eigenvalue weighted by Gasteiger charge is -2.13. The molecule has 0 aromatic heterocycles. The van der Waals surface area contributed by atoms with Crippen molar-refractivity contribution in [3.8, 4) is 0 Å². The van der Waals surface area contributed by atoms with Gasteiger partial charge in [-0.25, -0.2) is 0 Å². The van der Waals surface area contributed by atoms with Crippen LogP contribution in [0.4, 0.5) is 0 Å². The molecule has 0 unspecified atom stereocenters. The lowest BCUT2D eigenvalue weighted by molar-refractivity contribution is -0.148. The van der Waals surface area contributed by atoms with Gasteiger partial charge in [0.25, 0.3) is 0 Å². The Bertz CT molecular complexity index is 523. The van der Waals surface area contributed by atoms with E-state index in [9.17, 15) is 9.59 Å². The SMILES string of the molecule is C[C@@H](CC(=O)c1cccc(Br)c1)C(=O)OCC[C@@H]1CCCO1. The molecule has 0 bridgehead atoms. The van der Waals surface area contributed by atoms with Gasteiger partial charge in [0.05, 0.1) is 18.6 Å². The molecule has 1 aliphatic rings. The quantitative estimate of drug-likeness (QED) is 0.542. The Hall–Kier alpha value is -1.20. The number of benzene rings is 1. The Morgan fingerprint density at radius 3 is 2.95 bits per heavy atom. The highest BCUT2D eigenvalue weighted by Gasteiger charge is 2.21. The minimum absolute atomic E-state index is 0.0510. The predicted molar refractivity (Wildman–Crippen MR) is 86.8 cm³/mol. The van der Waals surface area contributed by atoms with E-state index in [2.05, 4.69) is 15.9 Å². The normalized spacial score (nSPS) is 18.9. The average Bonchev–Trinajstić information content (AvgIpc) is 3.00. The monoisotopic (exact) mass is 368 g/mol. The fourth-order valence-corrected chi connectivity index (χ4v) is 2.85. The molecule has 1 aromatic carbocycles. The first-order chi connectivity index (χ1) is 10.6. The molecule has 0 saturated carbocycles. The third-order valence-corrected chi connectivity index (χ3v) is 4.24. The maximum atomic E-state index is 12.1. The van der Waals surface area contributed by atoms with Crippen LogP contribution in [0.25, 0.3) is 0 Å². The third kappa shape index (κ3) is 5.21. The van der Waals surface area contributed by atoms with Gasteiger partial charge in [0.2, 0.25) is 0 Å². The first-order valence-corrected chi connectivity index (χ1v) is 8.42. The van der Waals surface area contributed by atoms with E-state index in [4.69, 9.17) is 9.47 Å². The van der Waals surface area contributed by atoms with Gasteiger partial charge in [0.1, 0.15) is 0 Å². The summed E-state index contributed by atoms with van der Waals surface area (Å²) in [6.07, 6.45) is 3.23. The van der Waals surface area contributed by atoms with Crippen molar-refractivity contribution in [2.75, 3.05) is 13.2 Å². The van der Waals surface area contributed by atoms with Gasteiger partial charge in [-0.15, -0.1) is 0 Å². The summed E-state index contributed by atoms with van der Waals surface area (Å²) in [6.45, 7) is 2.89. The van der Waals surface area contributed by atoms with Crippen LogP contribution in [0.5, 0.6) is 0 Å². The smallest absolute Gasteiger partial charge is 0.309 e. The van der Waals surface area contributed by atoms with E-state index in [0.717, 1.165) is 30.3 Å². The van der Waals surface area contributed by atoms with Crippen LogP contribution < -0.4 is 0 Å². The van der Waals surface area contributed by atoms with Gasteiger partial charge in [-0.2, -0.15) is 0 Å². The lowest BCUT2D eigenvalue weighted by atomic mass is 10.00. The number of rotatable bonds is 7. The van der Waals surface area contributed by atoms with Crippen molar-refractivity contribution >= 4 is 27.7 Å². The Morgan fingerprint density at radius 2 is 2.27 bits per heavy atom. The number of carbonyl (C=O) groups is 2. The molecule has 0 amide bonds. The molecule has 5 heteroatoms. The average molecular weight is 369 g/mol. The van der Waals surface area contributed by atoms with E-state index < -0.39 is 5.92 Å². The summed E-state index contributed by atoms with van der Waals surface area (Å²) in [5.74, 6) is -0.804.